The fourth-order valence-electron chi connectivity index (χ4n) is 1.18. The van der Waals surface area contributed by atoms with E-state index in [0.717, 1.165) is 3.57 Å². The van der Waals surface area contributed by atoms with Gasteiger partial charge in [-0.2, -0.15) is 4.98 Å². The predicted molar refractivity (Wildman–Crippen MR) is 72.9 cm³/mol. The molecule has 0 amide bonds. The molecule has 0 unspecified atom stereocenters. The highest BCUT2D eigenvalue weighted by Gasteiger charge is 2.16. The fraction of sp³-hybridized carbons (Fsp3) is 0.111. The predicted octanol–water partition coefficient (Wildman–Crippen LogP) is 1.22. The molecule has 0 atom stereocenters. The van der Waals surface area contributed by atoms with E-state index in [1.807, 2.05) is 0 Å². The first kappa shape index (κ1) is 13.1. The second kappa shape index (κ2) is 5.10. The van der Waals surface area contributed by atoms with Gasteiger partial charge in [0.05, 0.1) is 12.0 Å². The summed E-state index contributed by atoms with van der Waals surface area (Å²) < 4.78 is 31.9. The van der Waals surface area contributed by atoms with Crippen molar-refractivity contribution in [3.63, 3.8) is 0 Å². The Morgan fingerprint density at radius 1 is 1.33 bits per heavy atom. The highest BCUT2D eigenvalue weighted by Crippen LogP contribution is 2.15. The summed E-state index contributed by atoms with van der Waals surface area (Å²) in [6.45, 7) is 0. The van der Waals surface area contributed by atoms with Crippen LogP contribution in [-0.4, -0.2) is 30.7 Å². The zero-order chi connectivity index (χ0) is 13.2. The number of aromatic nitrogens is 3. The summed E-state index contributed by atoms with van der Waals surface area (Å²) in [5, 5.41) is 6.06. The van der Waals surface area contributed by atoms with Crippen molar-refractivity contribution in [2.75, 3.05) is 11.8 Å². The van der Waals surface area contributed by atoms with Gasteiger partial charge in [-0.15, -0.1) is 5.10 Å². The number of H-pyrrole nitrogens is 1. The Hall–Kier alpha value is -1.36. The standard InChI is InChI=1S/C9H9IN4O3S/c1-17-9-11-8(12-13-9)14-18(15,16)7-4-2-6(10)3-5-7/h2-5H,1H3,(H2,11,12,13,14). The summed E-state index contributed by atoms with van der Waals surface area (Å²) in [5.41, 5.74) is 0. The Labute approximate surface area is 117 Å². The molecule has 18 heavy (non-hydrogen) atoms. The molecule has 0 spiro atoms. The number of nitrogens with zero attached hydrogens (tertiary/aromatic N) is 2. The Morgan fingerprint density at radius 3 is 2.56 bits per heavy atom. The molecule has 2 N–H and O–H groups in total. The minimum atomic E-state index is -3.67. The fourth-order valence-corrected chi connectivity index (χ4v) is 2.50. The Morgan fingerprint density at radius 2 is 2.00 bits per heavy atom. The van der Waals surface area contributed by atoms with Gasteiger partial charge in [-0.25, -0.2) is 18.2 Å². The van der Waals surface area contributed by atoms with E-state index in [0.29, 0.717) is 0 Å². The lowest BCUT2D eigenvalue weighted by Gasteiger charge is -2.04. The summed E-state index contributed by atoms with van der Waals surface area (Å²) in [7, 11) is -2.28. The number of sulfonamides is 1. The molecular formula is C9H9IN4O3S. The van der Waals surface area contributed by atoms with Gasteiger partial charge in [0.15, 0.2) is 0 Å². The van der Waals surface area contributed by atoms with Gasteiger partial charge < -0.3 is 4.74 Å². The number of hydrogen-bond acceptors (Lipinski definition) is 5. The average molecular weight is 380 g/mol. The topological polar surface area (TPSA) is 97.0 Å². The molecule has 0 bridgehead atoms. The maximum Gasteiger partial charge on any atom is 0.336 e. The quantitative estimate of drug-likeness (QED) is 0.778. The lowest BCUT2D eigenvalue weighted by atomic mass is 10.4. The van der Waals surface area contributed by atoms with Crippen molar-refractivity contribution in [3.05, 3.63) is 27.8 Å². The van der Waals surface area contributed by atoms with Crippen molar-refractivity contribution in [3.8, 4) is 6.01 Å². The molecule has 0 aliphatic heterocycles. The van der Waals surface area contributed by atoms with E-state index >= 15 is 0 Å². The molecular weight excluding hydrogens is 371 g/mol. The molecule has 2 rings (SSSR count). The average Bonchev–Trinajstić information content (AvgIpc) is 2.76. The molecule has 0 aliphatic rings. The van der Waals surface area contributed by atoms with E-state index in [1.54, 1.807) is 12.1 Å². The second-order valence-corrected chi connectivity index (χ2v) is 6.16. The van der Waals surface area contributed by atoms with Gasteiger partial charge in [-0.3, -0.25) is 0 Å². The van der Waals surface area contributed by atoms with Crippen molar-refractivity contribution >= 4 is 38.6 Å². The van der Waals surface area contributed by atoms with E-state index < -0.39 is 10.0 Å². The number of ether oxygens (including phenoxy) is 1. The zero-order valence-electron chi connectivity index (χ0n) is 9.21. The molecule has 9 heteroatoms. The molecule has 96 valence electrons. The van der Waals surface area contributed by atoms with Crippen molar-refractivity contribution in [1.82, 2.24) is 15.2 Å². The smallest absolute Gasteiger partial charge is 0.336 e. The first-order valence-electron chi connectivity index (χ1n) is 4.76. The number of methoxy groups -OCH3 is 1. The maximum atomic E-state index is 12.0. The highest BCUT2D eigenvalue weighted by molar-refractivity contribution is 14.1. The summed E-state index contributed by atoms with van der Waals surface area (Å²) >= 11 is 2.10. The molecule has 7 nitrogen and oxygen atoms in total. The Balaban J connectivity index is 2.24. The van der Waals surface area contributed by atoms with Crippen LogP contribution >= 0.6 is 22.6 Å². The van der Waals surface area contributed by atoms with Crippen LogP contribution < -0.4 is 9.46 Å². The van der Waals surface area contributed by atoms with Gasteiger partial charge in [0.25, 0.3) is 10.0 Å². The number of aromatic amines is 1. The normalized spacial score (nSPS) is 11.2. The molecule has 0 fully saturated rings. The molecule has 1 aromatic heterocycles. The Bertz CT molecular complexity index is 638. The van der Waals surface area contributed by atoms with Gasteiger partial charge in [-0.05, 0) is 46.9 Å². The largest absolute Gasteiger partial charge is 0.466 e. The third-order valence-corrected chi connectivity index (χ3v) is 4.08. The van der Waals surface area contributed by atoms with Gasteiger partial charge >= 0.3 is 6.01 Å². The zero-order valence-corrected chi connectivity index (χ0v) is 12.2. The van der Waals surface area contributed by atoms with Crippen LogP contribution in [0.1, 0.15) is 0 Å². The minimum Gasteiger partial charge on any atom is -0.466 e. The van der Waals surface area contributed by atoms with Gasteiger partial charge in [0.1, 0.15) is 0 Å². The van der Waals surface area contributed by atoms with Gasteiger partial charge in [0.2, 0.25) is 5.95 Å². The van der Waals surface area contributed by atoms with E-state index in [-0.39, 0.29) is 16.9 Å². The van der Waals surface area contributed by atoms with Gasteiger partial charge in [-0.1, -0.05) is 0 Å². The summed E-state index contributed by atoms with van der Waals surface area (Å²) in [5.74, 6) is 0.00500. The highest BCUT2D eigenvalue weighted by atomic mass is 127. The lowest BCUT2D eigenvalue weighted by Crippen LogP contribution is -2.13. The number of halogens is 1. The summed E-state index contributed by atoms with van der Waals surface area (Å²) in [4.78, 5) is 3.93. The van der Waals surface area contributed by atoms with Crippen LogP contribution in [-0.2, 0) is 10.0 Å². The van der Waals surface area contributed by atoms with Crippen molar-refractivity contribution in [2.45, 2.75) is 4.90 Å². The van der Waals surface area contributed by atoms with Crippen LogP contribution in [0.3, 0.4) is 0 Å². The number of rotatable bonds is 4. The molecule has 1 heterocycles. The third kappa shape index (κ3) is 2.90. The van der Waals surface area contributed by atoms with Gasteiger partial charge in [0, 0.05) is 3.57 Å². The van der Waals surface area contributed by atoms with Crippen molar-refractivity contribution in [2.24, 2.45) is 0 Å². The summed E-state index contributed by atoms with van der Waals surface area (Å²) in [6, 6.07) is 6.50. The molecule has 0 saturated heterocycles. The van der Waals surface area contributed by atoms with Crippen LogP contribution in [0.15, 0.2) is 29.2 Å². The molecule has 1 aromatic carbocycles. The van der Waals surface area contributed by atoms with Crippen molar-refractivity contribution < 1.29 is 13.2 Å². The summed E-state index contributed by atoms with van der Waals surface area (Å²) in [6.07, 6.45) is 0. The minimum absolute atomic E-state index is 0.00500. The number of hydrogen-bond donors (Lipinski definition) is 2. The van der Waals surface area contributed by atoms with E-state index in [2.05, 4.69) is 42.5 Å². The Kier molecular flexibility index (Phi) is 3.71. The maximum absolute atomic E-state index is 12.0. The van der Waals surface area contributed by atoms with Crippen LogP contribution in [0.4, 0.5) is 5.95 Å². The molecule has 0 aliphatic carbocycles. The van der Waals surface area contributed by atoms with E-state index in [1.165, 1.54) is 19.2 Å². The van der Waals surface area contributed by atoms with Crippen LogP contribution in [0.2, 0.25) is 0 Å². The number of benzene rings is 1. The lowest BCUT2D eigenvalue weighted by molar-refractivity contribution is 0.382. The molecule has 2 aromatic rings. The number of anilines is 1. The SMILES string of the molecule is COc1n[nH]c(NS(=O)(=O)c2ccc(I)cc2)n1. The third-order valence-electron chi connectivity index (χ3n) is 2.00. The number of nitrogens with one attached hydrogen (secondary N) is 2. The van der Waals surface area contributed by atoms with Crippen LogP contribution in [0.25, 0.3) is 0 Å². The van der Waals surface area contributed by atoms with Crippen molar-refractivity contribution in [1.29, 1.82) is 0 Å². The first-order chi connectivity index (χ1) is 8.51. The van der Waals surface area contributed by atoms with E-state index in [9.17, 15) is 8.42 Å². The van der Waals surface area contributed by atoms with Crippen LogP contribution in [0, 0.1) is 3.57 Å². The monoisotopic (exact) mass is 380 g/mol. The van der Waals surface area contributed by atoms with E-state index in [4.69, 9.17) is 4.74 Å². The molecule has 0 saturated carbocycles. The molecule has 0 radical (unpaired) electrons. The van der Waals surface area contributed by atoms with Crippen LogP contribution in [0.5, 0.6) is 6.01 Å². The second-order valence-electron chi connectivity index (χ2n) is 3.23. The first-order valence-corrected chi connectivity index (χ1v) is 7.32.